The summed E-state index contributed by atoms with van der Waals surface area (Å²) < 4.78 is 21.4. The summed E-state index contributed by atoms with van der Waals surface area (Å²) in [6.07, 6.45) is 1.78. The molecule has 0 heterocycles. The van der Waals surface area contributed by atoms with Crippen LogP contribution in [0.1, 0.15) is 52.9 Å². The molecular formula is C14H29NNaO6P. The van der Waals surface area contributed by atoms with E-state index in [-0.39, 0.29) is 48.7 Å². The molecule has 0 saturated heterocycles. The van der Waals surface area contributed by atoms with Crippen molar-refractivity contribution in [2.24, 2.45) is 0 Å². The van der Waals surface area contributed by atoms with Crippen LogP contribution in [0.3, 0.4) is 0 Å². The van der Waals surface area contributed by atoms with Gasteiger partial charge in [0.25, 0.3) is 0 Å². The van der Waals surface area contributed by atoms with Crippen molar-refractivity contribution < 1.29 is 28.5 Å². The van der Waals surface area contributed by atoms with Crippen LogP contribution >= 0.6 is 7.37 Å². The maximum atomic E-state index is 11.7. The fraction of sp³-hybridized carbons (Fsp3) is 0.857. The number of hydrogen-bond acceptors (Lipinski definition) is 5. The Kier molecular flexibility index (Phi) is 15.6. The Balaban J connectivity index is 0. The van der Waals surface area contributed by atoms with Gasteiger partial charge < -0.3 is 19.7 Å². The van der Waals surface area contributed by atoms with Crippen LogP contribution in [0.15, 0.2) is 0 Å². The van der Waals surface area contributed by atoms with Crippen molar-refractivity contribution in [1.29, 1.82) is 0 Å². The van der Waals surface area contributed by atoms with E-state index in [1.807, 2.05) is 13.8 Å². The molecule has 2 unspecified atom stereocenters. The number of ether oxygens (including phenoxy) is 2. The Labute approximate surface area is 160 Å². The monoisotopic (exact) mass is 361 g/mol. The molecule has 7 nitrogen and oxygen atoms in total. The topological polar surface area (TPSA) is 102 Å². The predicted octanol–water partition coefficient (Wildman–Crippen LogP) is 2.21. The van der Waals surface area contributed by atoms with E-state index in [0.29, 0.717) is 19.0 Å². The number of amides is 1. The first-order valence-electron chi connectivity index (χ1n) is 7.75. The van der Waals surface area contributed by atoms with Crippen LogP contribution in [0, 0.1) is 0 Å². The average Bonchev–Trinajstić information content (AvgIpc) is 2.41. The van der Waals surface area contributed by atoms with Gasteiger partial charge in [0.2, 0.25) is 13.7 Å². The zero-order valence-electron chi connectivity index (χ0n) is 13.7. The standard InChI is InChI=1S/C14H28NO6P.Na.H/c1-4-6-10-22(18,19)11-7-9-15-14(17)21-12(3)20-13(16)8-5-2;;/h12H,4-11H2,1-3H3,(H,15,17)(H,18,19);;. The molecule has 1 amide bonds. The molecule has 0 aromatic heterocycles. The minimum atomic E-state index is -3.08. The SMILES string of the molecule is CCCCP(=O)(O)CCCNC(=O)OC(C)OC(=O)CCC.[NaH]. The van der Waals surface area contributed by atoms with Crippen LogP contribution in [0.5, 0.6) is 0 Å². The summed E-state index contributed by atoms with van der Waals surface area (Å²) in [5.41, 5.74) is 0. The Morgan fingerprint density at radius 3 is 2.30 bits per heavy atom. The summed E-state index contributed by atoms with van der Waals surface area (Å²) >= 11 is 0. The van der Waals surface area contributed by atoms with E-state index >= 15 is 0 Å². The Morgan fingerprint density at radius 1 is 1.13 bits per heavy atom. The number of esters is 1. The van der Waals surface area contributed by atoms with Gasteiger partial charge in [0.15, 0.2) is 0 Å². The second kappa shape index (κ2) is 14.3. The van der Waals surface area contributed by atoms with E-state index < -0.39 is 25.7 Å². The van der Waals surface area contributed by atoms with E-state index in [0.717, 1.165) is 12.8 Å². The quantitative estimate of drug-likeness (QED) is 0.192. The molecule has 0 radical (unpaired) electrons. The molecule has 0 aromatic carbocycles. The van der Waals surface area contributed by atoms with Crippen LogP contribution in [0.25, 0.3) is 0 Å². The zero-order chi connectivity index (χ0) is 17.0. The predicted molar refractivity (Wildman–Crippen MR) is 91.2 cm³/mol. The fourth-order valence-corrected chi connectivity index (χ4v) is 3.38. The molecule has 0 aliphatic carbocycles. The summed E-state index contributed by atoms with van der Waals surface area (Å²) in [4.78, 5) is 32.3. The second-order valence-electron chi connectivity index (χ2n) is 5.14. The molecule has 2 atom stereocenters. The van der Waals surface area contributed by atoms with Gasteiger partial charge in [-0.05, 0) is 19.3 Å². The summed E-state index contributed by atoms with van der Waals surface area (Å²) in [6, 6.07) is 0. The summed E-state index contributed by atoms with van der Waals surface area (Å²) in [5.74, 6) is -0.417. The van der Waals surface area contributed by atoms with Crippen molar-refractivity contribution in [2.75, 3.05) is 18.9 Å². The number of hydrogen-bond donors (Lipinski definition) is 2. The van der Waals surface area contributed by atoms with Gasteiger partial charge in [-0.15, -0.1) is 0 Å². The molecule has 132 valence electrons. The van der Waals surface area contributed by atoms with Gasteiger partial charge in [-0.2, -0.15) is 0 Å². The number of carbonyl (C=O) groups is 2. The van der Waals surface area contributed by atoms with Crippen molar-refractivity contribution in [3.63, 3.8) is 0 Å². The van der Waals surface area contributed by atoms with E-state index in [2.05, 4.69) is 5.32 Å². The van der Waals surface area contributed by atoms with E-state index in [4.69, 9.17) is 9.47 Å². The van der Waals surface area contributed by atoms with Crippen molar-refractivity contribution in [3.8, 4) is 0 Å². The molecule has 9 heteroatoms. The fourth-order valence-electron chi connectivity index (χ4n) is 1.70. The first kappa shape index (κ1) is 25.2. The second-order valence-corrected chi connectivity index (χ2v) is 7.73. The molecular weight excluding hydrogens is 332 g/mol. The third kappa shape index (κ3) is 15.2. The number of alkyl carbamates (subject to hydrolysis) is 1. The zero-order valence-corrected chi connectivity index (χ0v) is 14.6. The third-order valence-electron chi connectivity index (χ3n) is 2.84. The average molecular weight is 361 g/mol. The van der Waals surface area contributed by atoms with E-state index in [1.54, 1.807) is 0 Å². The molecule has 0 saturated carbocycles. The van der Waals surface area contributed by atoms with Crippen LogP contribution in [0.4, 0.5) is 4.79 Å². The van der Waals surface area contributed by atoms with Crippen LogP contribution in [0.2, 0.25) is 0 Å². The van der Waals surface area contributed by atoms with Crippen molar-refractivity contribution >= 4 is 49.0 Å². The van der Waals surface area contributed by atoms with Gasteiger partial charge in [-0.1, -0.05) is 20.3 Å². The number of rotatable bonds is 11. The number of carbonyl (C=O) groups excluding carboxylic acids is 2. The molecule has 0 spiro atoms. The van der Waals surface area contributed by atoms with Gasteiger partial charge >= 0.3 is 41.6 Å². The summed E-state index contributed by atoms with van der Waals surface area (Å²) in [6.45, 7) is 5.51. The molecule has 0 fully saturated rings. The van der Waals surface area contributed by atoms with E-state index in [9.17, 15) is 19.0 Å². The Bertz CT molecular complexity index is 393. The molecule has 0 rings (SSSR count). The van der Waals surface area contributed by atoms with Gasteiger partial charge in [-0.25, -0.2) is 4.79 Å². The van der Waals surface area contributed by atoms with Gasteiger partial charge in [0.05, 0.1) is 0 Å². The Morgan fingerprint density at radius 2 is 1.74 bits per heavy atom. The van der Waals surface area contributed by atoms with Crippen LogP contribution in [-0.2, 0) is 18.8 Å². The molecule has 23 heavy (non-hydrogen) atoms. The third-order valence-corrected chi connectivity index (χ3v) is 4.87. The van der Waals surface area contributed by atoms with Gasteiger partial charge in [0.1, 0.15) is 0 Å². The normalized spacial score (nSPS) is 14.1. The maximum absolute atomic E-state index is 11.7. The van der Waals surface area contributed by atoms with E-state index in [1.165, 1.54) is 6.92 Å². The first-order valence-corrected chi connectivity index (χ1v) is 9.78. The van der Waals surface area contributed by atoms with Gasteiger partial charge in [0, 0.05) is 32.2 Å². The van der Waals surface area contributed by atoms with Crippen LogP contribution < -0.4 is 5.32 Å². The first-order chi connectivity index (χ1) is 10.3. The number of nitrogens with one attached hydrogen (secondary N) is 1. The van der Waals surface area contributed by atoms with Crippen molar-refractivity contribution in [1.82, 2.24) is 5.32 Å². The molecule has 0 aliphatic heterocycles. The molecule has 0 aliphatic rings. The van der Waals surface area contributed by atoms with Crippen LogP contribution in [-0.4, -0.2) is 71.7 Å². The molecule has 2 N–H and O–H groups in total. The molecule has 0 aromatic rings. The van der Waals surface area contributed by atoms with Crippen molar-refractivity contribution in [3.05, 3.63) is 0 Å². The number of unbranched alkanes of at least 4 members (excludes halogenated alkanes) is 1. The Hall–Kier alpha value is -0.0700. The van der Waals surface area contributed by atoms with Crippen molar-refractivity contribution in [2.45, 2.75) is 59.2 Å². The summed E-state index contributed by atoms with van der Waals surface area (Å²) in [7, 11) is -3.08. The summed E-state index contributed by atoms with van der Waals surface area (Å²) in [5, 5.41) is 2.46. The minimum absolute atomic E-state index is 0. The van der Waals surface area contributed by atoms with Gasteiger partial charge in [-0.3, -0.25) is 9.36 Å². The molecule has 0 bridgehead atoms.